The van der Waals surface area contributed by atoms with E-state index in [-0.39, 0.29) is 25.9 Å². The molecular weight excluding hydrogens is 832 g/mol. The molecule has 0 aliphatic carbocycles. The van der Waals surface area contributed by atoms with Crippen LogP contribution in [-0.4, -0.2) is 66.5 Å². The summed E-state index contributed by atoms with van der Waals surface area (Å²) in [5, 5.41) is 9.73. The fourth-order valence-electron chi connectivity index (χ4n) is 5.89. The fraction of sp³-hybridized carbons (Fsp3) is 0.635. The molecule has 0 amide bonds. The number of hydrogen-bond donors (Lipinski definition) is 2. The number of aliphatic hydroxyl groups excluding tert-OH is 1. The van der Waals surface area contributed by atoms with Crippen LogP contribution in [0.1, 0.15) is 175 Å². The minimum absolute atomic E-state index is 0.0490. The molecule has 0 saturated carbocycles. The Morgan fingerprint density at radius 2 is 0.844 bits per heavy atom. The first kappa shape index (κ1) is 60.4. The Labute approximate surface area is 387 Å². The van der Waals surface area contributed by atoms with E-state index >= 15 is 0 Å². The van der Waals surface area contributed by atoms with Crippen LogP contribution in [0.3, 0.4) is 0 Å². The number of carbonyl (C=O) groups excluding carboxylic acids is 3. The van der Waals surface area contributed by atoms with Crippen LogP contribution in [0.5, 0.6) is 0 Å². The number of phosphoric ester groups is 1. The second-order valence-electron chi connectivity index (χ2n) is 15.5. The second kappa shape index (κ2) is 45.9. The summed E-state index contributed by atoms with van der Waals surface area (Å²) in [5.74, 6) is -1.62. The van der Waals surface area contributed by atoms with E-state index in [0.29, 0.717) is 19.3 Å². The molecule has 0 aliphatic rings. The number of unbranched alkanes of at least 4 members (excludes halogenated alkanes) is 10. The maximum Gasteiger partial charge on any atom is 0.472 e. The Kier molecular flexibility index (Phi) is 43.4. The molecular formula is C52H85O11P. The third kappa shape index (κ3) is 43.6. The van der Waals surface area contributed by atoms with Crippen LogP contribution in [0.15, 0.2) is 97.2 Å². The molecule has 364 valence electrons. The summed E-state index contributed by atoms with van der Waals surface area (Å²) in [6.45, 7) is 4.21. The van der Waals surface area contributed by atoms with Gasteiger partial charge in [-0.15, -0.1) is 0 Å². The lowest BCUT2D eigenvalue weighted by molar-refractivity contribution is -0.161. The van der Waals surface area contributed by atoms with Crippen molar-refractivity contribution in [1.29, 1.82) is 0 Å². The molecule has 0 spiro atoms. The van der Waals surface area contributed by atoms with Crippen LogP contribution in [-0.2, 0) is 42.2 Å². The summed E-state index contributed by atoms with van der Waals surface area (Å²) in [6.07, 6.45) is 51.3. The van der Waals surface area contributed by atoms with Gasteiger partial charge >= 0.3 is 25.7 Å². The maximum absolute atomic E-state index is 12.8. The summed E-state index contributed by atoms with van der Waals surface area (Å²) < 4.78 is 39.1. The molecule has 12 heteroatoms. The average molecular weight is 917 g/mol. The van der Waals surface area contributed by atoms with E-state index in [1.54, 1.807) is 0 Å². The first-order valence-electron chi connectivity index (χ1n) is 24.1. The zero-order valence-corrected chi connectivity index (χ0v) is 40.6. The van der Waals surface area contributed by atoms with Gasteiger partial charge in [-0.05, 0) is 83.5 Å². The van der Waals surface area contributed by atoms with Gasteiger partial charge in [0.05, 0.1) is 19.8 Å². The second-order valence-corrected chi connectivity index (χ2v) is 17.0. The Hall–Kier alpha value is -3.60. The molecule has 0 aromatic heterocycles. The van der Waals surface area contributed by atoms with Crippen LogP contribution in [0, 0.1) is 0 Å². The van der Waals surface area contributed by atoms with Gasteiger partial charge in [-0.2, -0.15) is 0 Å². The average Bonchev–Trinajstić information content (AvgIpc) is 3.28. The number of allylic oxidation sites excluding steroid dienone is 16. The highest BCUT2D eigenvalue weighted by atomic mass is 31.2. The molecule has 0 fully saturated rings. The van der Waals surface area contributed by atoms with E-state index in [1.807, 2.05) is 18.2 Å². The molecule has 0 rings (SSSR count). The molecule has 0 radical (unpaired) electrons. The van der Waals surface area contributed by atoms with Crippen LogP contribution in [0.2, 0.25) is 0 Å². The smallest absolute Gasteiger partial charge is 0.462 e. The van der Waals surface area contributed by atoms with Gasteiger partial charge in [0.15, 0.2) is 6.10 Å². The minimum Gasteiger partial charge on any atom is -0.462 e. The maximum atomic E-state index is 12.8. The summed E-state index contributed by atoms with van der Waals surface area (Å²) in [6, 6.07) is 0. The molecule has 0 bridgehead atoms. The van der Waals surface area contributed by atoms with Crippen molar-refractivity contribution in [3.05, 3.63) is 97.2 Å². The number of ether oxygens (including phenoxy) is 3. The van der Waals surface area contributed by atoms with Gasteiger partial charge in [-0.1, -0.05) is 169 Å². The van der Waals surface area contributed by atoms with Crippen LogP contribution in [0.4, 0.5) is 0 Å². The van der Waals surface area contributed by atoms with Crippen molar-refractivity contribution in [2.75, 3.05) is 26.4 Å². The highest BCUT2D eigenvalue weighted by molar-refractivity contribution is 7.47. The van der Waals surface area contributed by atoms with Crippen molar-refractivity contribution < 1.29 is 52.2 Å². The monoisotopic (exact) mass is 917 g/mol. The minimum atomic E-state index is -4.77. The van der Waals surface area contributed by atoms with E-state index in [2.05, 4.69) is 99.8 Å². The van der Waals surface area contributed by atoms with Gasteiger partial charge in [-0.25, -0.2) is 4.57 Å². The molecule has 0 aliphatic heterocycles. The van der Waals surface area contributed by atoms with Gasteiger partial charge in [0.25, 0.3) is 0 Å². The van der Waals surface area contributed by atoms with Gasteiger partial charge in [0.1, 0.15) is 12.7 Å². The number of carbonyl (C=O) groups is 3. The van der Waals surface area contributed by atoms with Crippen molar-refractivity contribution in [3.63, 3.8) is 0 Å². The zero-order chi connectivity index (χ0) is 47.0. The van der Waals surface area contributed by atoms with E-state index in [9.17, 15) is 28.9 Å². The lowest BCUT2D eigenvalue weighted by Gasteiger charge is -2.21. The topological polar surface area (TPSA) is 155 Å². The zero-order valence-electron chi connectivity index (χ0n) is 39.7. The van der Waals surface area contributed by atoms with Crippen LogP contribution < -0.4 is 0 Å². The Morgan fingerprint density at radius 1 is 0.453 bits per heavy atom. The van der Waals surface area contributed by atoms with E-state index in [4.69, 9.17) is 23.3 Å². The third-order valence-corrected chi connectivity index (χ3v) is 10.5. The predicted octanol–water partition coefficient (Wildman–Crippen LogP) is 13.4. The summed E-state index contributed by atoms with van der Waals surface area (Å²) in [7, 11) is -4.77. The van der Waals surface area contributed by atoms with Crippen LogP contribution >= 0.6 is 7.82 Å². The van der Waals surface area contributed by atoms with Crippen molar-refractivity contribution in [3.8, 4) is 0 Å². The molecule has 3 atom stereocenters. The first-order chi connectivity index (χ1) is 31.2. The molecule has 3 unspecified atom stereocenters. The Morgan fingerprint density at radius 3 is 1.34 bits per heavy atom. The first-order valence-corrected chi connectivity index (χ1v) is 25.6. The SMILES string of the molecule is CC/C=C\C/C=C\C/C=C\C/C=C\CCCCC(=O)OC(COC(=O)CCCCCCCCCCC)COP(=O)(O)OCC(CO)OC(=O)CC/C=C\C/C=C\C/C=C\C/C=C\CC. The number of hydrogen-bond acceptors (Lipinski definition) is 10. The van der Waals surface area contributed by atoms with Gasteiger partial charge < -0.3 is 24.2 Å². The van der Waals surface area contributed by atoms with Crippen molar-refractivity contribution >= 4 is 25.7 Å². The third-order valence-electron chi connectivity index (χ3n) is 9.52. The molecule has 0 aromatic rings. The molecule has 64 heavy (non-hydrogen) atoms. The standard InChI is InChI=1S/C52H85O11P/c1-4-7-10-13-16-19-21-23-24-26-28-31-34-37-40-43-52(56)63-49(45-59-50(54)41-38-35-32-29-18-15-12-9-6-3)47-61-64(57,58)60-46-48(44-53)62-51(55)42-39-36-33-30-27-25-22-20-17-14-11-8-5-2/h7-8,10-11,16-17,19-20,23-25,27-28,31,33,36,48-49,53H,4-6,9,12-15,18,21-22,26,29-30,32,34-35,37-47H2,1-3H3,(H,57,58)/b10-7-,11-8-,19-16-,20-17-,24-23-,27-25-,31-28-,36-33-. The number of esters is 3. The summed E-state index contributed by atoms with van der Waals surface area (Å²) in [4.78, 5) is 48.1. The van der Waals surface area contributed by atoms with Crippen molar-refractivity contribution in [2.45, 2.75) is 187 Å². The van der Waals surface area contributed by atoms with E-state index < -0.39 is 57.8 Å². The predicted molar refractivity (Wildman–Crippen MR) is 260 cm³/mol. The van der Waals surface area contributed by atoms with Crippen molar-refractivity contribution in [1.82, 2.24) is 0 Å². The molecule has 0 heterocycles. The lowest BCUT2D eigenvalue weighted by Crippen LogP contribution is -2.30. The van der Waals surface area contributed by atoms with Crippen LogP contribution in [0.25, 0.3) is 0 Å². The highest BCUT2D eigenvalue weighted by Crippen LogP contribution is 2.43. The quantitative estimate of drug-likeness (QED) is 0.0197. The Balaban J connectivity index is 4.87. The number of aliphatic hydroxyl groups is 1. The highest BCUT2D eigenvalue weighted by Gasteiger charge is 2.28. The van der Waals surface area contributed by atoms with Gasteiger partial charge in [0.2, 0.25) is 0 Å². The summed E-state index contributed by atoms with van der Waals surface area (Å²) in [5.41, 5.74) is 0. The Bertz CT molecular complexity index is 1440. The molecule has 0 saturated heterocycles. The van der Waals surface area contributed by atoms with E-state index in [0.717, 1.165) is 83.5 Å². The largest absolute Gasteiger partial charge is 0.472 e. The molecule has 0 aromatic carbocycles. The number of phosphoric acid groups is 1. The lowest BCUT2D eigenvalue weighted by atomic mass is 10.1. The molecule has 11 nitrogen and oxygen atoms in total. The molecule has 2 N–H and O–H groups in total. The van der Waals surface area contributed by atoms with Gasteiger partial charge in [-0.3, -0.25) is 23.4 Å². The normalized spacial score (nSPS) is 14.4. The van der Waals surface area contributed by atoms with Gasteiger partial charge in [0, 0.05) is 19.3 Å². The van der Waals surface area contributed by atoms with Crippen molar-refractivity contribution in [2.24, 2.45) is 0 Å². The summed E-state index contributed by atoms with van der Waals surface area (Å²) >= 11 is 0. The number of rotatable bonds is 43. The van der Waals surface area contributed by atoms with E-state index in [1.165, 1.54) is 32.1 Å². The fourth-order valence-corrected chi connectivity index (χ4v) is 6.67.